The van der Waals surface area contributed by atoms with Crippen LogP contribution in [0.4, 0.5) is 0 Å². The van der Waals surface area contributed by atoms with Gasteiger partial charge in [0.15, 0.2) is 0 Å². The van der Waals surface area contributed by atoms with E-state index in [1.807, 2.05) is 20.8 Å². The second kappa shape index (κ2) is 8.06. The highest BCUT2D eigenvalue weighted by Crippen LogP contribution is 2.04. The fourth-order valence-electron chi connectivity index (χ4n) is 0.956. The summed E-state index contributed by atoms with van der Waals surface area (Å²) in [7, 11) is 0. The van der Waals surface area contributed by atoms with E-state index in [9.17, 15) is 9.59 Å². The molecule has 0 aliphatic heterocycles. The summed E-state index contributed by atoms with van der Waals surface area (Å²) in [5, 5.41) is 2.69. The topological polar surface area (TPSA) is 64.6 Å². The highest BCUT2D eigenvalue weighted by atomic mass is 16.5. The monoisotopic (exact) mass is 245 g/mol. The van der Waals surface area contributed by atoms with Crippen LogP contribution in [0, 0.1) is 5.92 Å². The van der Waals surface area contributed by atoms with E-state index in [2.05, 4.69) is 5.32 Å². The van der Waals surface area contributed by atoms with Crippen molar-refractivity contribution in [3.8, 4) is 0 Å². The van der Waals surface area contributed by atoms with Gasteiger partial charge in [0.2, 0.25) is 0 Å². The molecular weight excluding hydrogens is 222 g/mol. The third-order valence-corrected chi connectivity index (χ3v) is 2.16. The standard InChI is InChI=1S/C12H23NO4/c1-8(2)10(5)17-12(15)7-13-6-11(14)16-9(3)4/h8-10,13H,6-7H2,1-5H3. The van der Waals surface area contributed by atoms with E-state index in [4.69, 9.17) is 9.47 Å². The molecule has 1 atom stereocenters. The highest BCUT2D eigenvalue weighted by molar-refractivity contribution is 5.75. The minimum Gasteiger partial charge on any atom is -0.462 e. The van der Waals surface area contributed by atoms with Crippen LogP contribution in [-0.2, 0) is 19.1 Å². The summed E-state index contributed by atoms with van der Waals surface area (Å²) < 4.78 is 10.0. The van der Waals surface area contributed by atoms with Crippen molar-refractivity contribution >= 4 is 11.9 Å². The first-order valence-corrected chi connectivity index (χ1v) is 5.92. The minimum atomic E-state index is -0.371. The Labute approximate surface area is 103 Å². The molecule has 0 bridgehead atoms. The molecule has 0 aromatic rings. The van der Waals surface area contributed by atoms with Crippen LogP contribution < -0.4 is 5.32 Å². The van der Waals surface area contributed by atoms with Gasteiger partial charge in [0.05, 0.1) is 19.2 Å². The molecular formula is C12H23NO4. The van der Waals surface area contributed by atoms with Crippen LogP contribution in [0.25, 0.3) is 0 Å². The van der Waals surface area contributed by atoms with Gasteiger partial charge in [-0.2, -0.15) is 0 Å². The van der Waals surface area contributed by atoms with E-state index in [0.717, 1.165) is 0 Å². The molecule has 0 saturated heterocycles. The highest BCUT2D eigenvalue weighted by Gasteiger charge is 2.13. The summed E-state index contributed by atoms with van der Waals surface area (Å²) in [6.07, 6.45) is -0.260. The summed E-state index contributed by atoms with van der Waals surface area (Å²) in [6, 6.07) is 0. The molecule has 0 aliphatic carbocycles. The van der Waals surface area contributed by atoms with Gasteiger partial charge in [-0.3, -0.25) is 14.9 Å². The lowest BCUT2D eigenvalue weighted by Crippen LogP contribution is -2.33. The predicted molar refractivity (Wildman–Crippen MR) is 64.5 cm³/mol. The molecule has 0 aromatic carbocycles. The zero-order valence-corrected chi connectivity index (χ0v) is 11.3. The van der Waals surface area contributed by atoms with Gasteiger partial charge >= 0.3 is 11.9 Å². The molecule has 0 aromatic heterocycles. The van der Waals surface area contributed by atoms with Crippen LogP contribution in [0.5, 0.6) is 0 Å². The Bertz CT molecular complexity index is 251. The number of carbonyl (C=O) groups excluding carboxylic acids is 2. The maximum absolute atomic E-state index is 11.3. The van der Waals surface area contributed by atoms with Gasteiger partial charge in [0.25, 0.3) is 0 Å². The lowest BCUT2D eigenvalue weighted by atomic mass is 10.1. The van der Waals surface area contributed by atoms with Crippen LogP contribution in [0.1, 0.15) is 34.6 Å². The molecule has 0 amide bonds. The van der Waals surface area contributed by atoms with Crippen LogP contribution in [0.3, 0.4) is 0 Å². The number of carbonyl (C=O) groups is 2. The fourth-order valence-corrected chi connectivity index (χ4v) is 0.956. The van der Waals surface area contributed by atoms with E-state index in [-0.39, 0.29) is 43.2 Å². The molecule has 5 nitrogen and oxygen atoms in total. The van der Waals surface area contributed by atoms with Gasteiger partial charge < -0.3 is 9.47 Å². The molecule has 0 rings (SSSR count). The van der Waals surface area contributed by atoms with E-state index in [0.29, 0.717) is 0 Å². The maximum atomic E-state index is 11.3. The van der Waals surface area contributed by atoms with Crippen molar-refractivity contribution in [2.24, 2.45) is 5.92 Å². The molecule has 1 unspecified atom stereocenters. The Morgan fingerprint density at radius 2 is 1.41 bits per heavy atom. The van der Waals surface area contributed by atoms with E-state index in [1.165, 1.54) is 0 Å². The first-order valence-electron chi connectivity index (χ1n) is 5.92. The van der Waals surface area contributed by atoms with Crippen LogP contribution in [0.2, 0.25) is 0 Å². The van der Waals surface area contributed by atoms with Crippen molar-refractivity contribution in [1.82, 2.24) is 5.32 Å². The zero-order valence-electron chi connectivity index (χ0n) is 11.3. The average molecular weight is 245 g/mol. The smallest absolute Gasteiger partial charge is 0.320 e. The third-order valence-electron chi connectivity index (χ3n) is 2.16. The summed E-state index contributed by atoms with van der Waals surface area (Å²) in [5.41, 5.74) is 0. The van der Waals surface area contributed by atoms with Crippen LogP contribution in [0.15, 0.2) is 0 Å². The molecule has 0 fully saturated rings. The largest absolute Gasteiger partial charge is 0.462 e. The molecule has 0 heterocycles. The molecule has 100 valence electrons. The van der Waals surface area contributed by atoms with Crippen molar-refractivity contribution in [2.75, 3.05) is 13.1 Å². The fraction of sp³-hybridized carbons (Fsp3) is 0.833. The third kappa shape index (κ3) is 8.68. The molecule has 0 radical (unpaired) electrons. The quantitative estimate of drug-likeness (QED) is 0.681. The summed E-state index contributed by atoms with van der Waals surface area (Å²) in [4.78, 5) is 22.5. The SMILES string of the molecule is CC(C)OC(=O)CNCC(=O)OC(C)C(C)C. The Kier molecular flexibility index (Phi) is 7.54. The second-order valence-electron chi connectivity index (χ2n) is 4.58. The Morgan fingerprint density at radius 1 is 0.941 bits per heavy atom. The molecule has 0 aliphatic rings. The van der Waals surface area contributed by atoms with E-state index < -0.39 is 0 Å². The van der Waals surface area contributed by atoms with E-state index >= 15 is 0 Å². The summed E-state index contributed by atoms with van der Waals surface area (Å²) in [5.74, 6) is -0.446. The van der Waals surface area contributed by atoms with Gasteiger partial charge in [0.1, 0.15) is 6.10 Å². The number of nitrogens with one attached hydrogen (secondary N) is 1. The maximum Gasteiger partial charge on any atom is 0.320 e. The lowest BCUT2D eigenvalue weighted by Gasteiger charge is -2.16. The van der Waals surface area contributed by atoms with Gasteiger partial charge in [-0.05, 0) is 26.7 Å². The number of rotatable bonds is 7. The predicted octanol–water partition coefficient (Wildman–Crippen LogP) is 1.12. The summed E-state index contributed by atoms with van der Waals surface area (Å²) >= 11 is 0. The van der Waals surface area contributed by atoms with Crippen molar-refractivity contribution in [3.05, 3.63) is 0 Å². The van der Waals surface area contributed by atoms with Gasteiger partial charge in [-0.15, -0.1) is 0 Å². The Balaban J connectivity index is 3.68. The molecule has 17 heavy (non-hydrogen) atoms. The van der Waals surface area contributed by atoms with Crippen molar-refractivity contribution in [2.45, 2.75) is 46.8 Å². The Hall–Kier alpha value is -1.10. The first kappa shape index (κ1) is 15.9. The van der Waals surface area contributed by atoms with Crippen LogP contribution >= 0.6 is 0 Å². The number of hydrogen-bond acceptors (Lipinski definition) is 5. The second-order valence-corrected chi connectivity index (χ2v) is 4.58. The minimum absolute atomic E-state index is 0.0172. The number of esters is 2. The molecule has 0 spiro atoms. The normalized spacial score (nSPS) is 12.6. The van der Waals surface area contributed by atoms with Gasteiger partial charge in [0, 0.05) is 0 Å². The van der Waals surface area contributed by atoms with Gasteiger partial charge in [-0.25, -0.2) is 0 Å². The van der Waals surface area contributed by atoms with Crippen LogP contribution in [-0.4, -0.2) is 37.2 Å². The van der Waals surface area contributed by atoms with Crippen molar-refractivity contribution in [3.63, 3.8) is 0 Å². The molecule has 5 heteroatoms. The van der Waals surface area contributed by atoms with Gasteiger partial charge in [-0.1, -0.05) is 13.8 Å². The molecule has 0 saturated carbocycles. The summed E-state index contributed by atoms with van der Waals surface area (Å²) in [6.45, 7) is 9.38. The average Bonchev–Trinajstić information content (AvgIpc) is 2.15. The number of ether oxygens (including phenoxy) is 2. The van der Waals surface area contributed by atoms with Crippen molar-refractivity contribution in [1.29, 1.82) is 0 Å². The Morgan fingerprint density at radius 3 is 1.82 bits per heavy atom. The number of hydrogen-bond donors (Lipinski definition) is 1. The zero-order chi connectivity index (χ0) is 13.4. The van der Waals surface area contributed by atoms with E-state index in [1.54, 1.807) is 13.8 Å². The first-order chi connectivity index (χ1) is 7.82. The molecule has 1 N–H and O–H groups in total. The van der Waals surface area contributed by atoms with Crippen molar-refractivity contribution < 1.29 is 19.1 Å². The lowest BCUT2D eigenvalue weighted by molar-refractivity contribution is -0.149.